The Morgan fingerprint density at radius 3 is 2.39 bits per heavy atom. The zero-order chi connectivity index (χ0) is 22.3. The summed E-state index contributed by atoms with van der Waals surface area (Å²) in [7, 11) is -3.57. The van der Waals surface area contributed by atoms with Gasteiger partial charge in [0.25, 0.3) is 5.91 Å². The Kier molecular flexibility index (Phi) is 7.59. The van der Waals surface area contributed by atoms with Gasteiger partial charge in [0, 0.05) is 17.8 Å². The number of amides is 1. The van der Waals surface area contributed by atoms with Crippen molar-refractivity contribution in [2.75, 3.05) is 11.9 Å². The molecule has 31 heavy (non-hydrogen) atoms. The summed E-state index contributed by atoms with van der Waals surface area (Å²) in [6.07, 6.45) is 4.00. The number of nitrogens with one attached hydrogen (secondary N) is 2. The number of benzene rings is 2. The first-order valence-corrected chi connectivity index (χ1v) is 11.8. The number of sulfonamides is 1. The van der Waals surface area contributed by atoms with Crippen LogP contribution in [0, 0.1) is 6.92 Å². The summed E-state index contributed by atoms with van der Waals surface area (Å²) in [4.78, 5) is 13.0. The van der Waals surface area contributed by atoms with Gasteiger partial charge in [-0.2, -0.15) is 0 Å². The van der Waals surface area contributed by atoms with E-state index in [-0.39, 0.29) is 10.8 Å². The topological polar surface area (TPSA) is 101 Å². The van der Waals surface area contributed by atoms with Crippen LogP contribution in [0.25, 0.3) is 11.3 Å². The van der Waals surface area contributed by atoms with Crippen molar-refractivity contribution in [3.8, 4) is 11.3 Å². The number of aromatic nitrogens is 1. The fourth-order valence-electron chi connectivity index (χ4n) is 3.19. The standard InChI is InChI=1S/C23H27N3O4S/c1-3-4-5-9-16-24-31(28,29)20-14-12-19(13-15-20)25-23(27)21-17(2)30-26-22(21)18-10-7-6-8-11-18/h6-8,10-15,24H,3-5,9,16H2,1-2H3,(H,25,27). The molecule has 3 rings (SSSR count). The van der Waals surface area contributed by atoms with Crippen LogP contribution in [0.1, 0.15) is 48.7 Å². The molecule has 164 valence electrons. The number of carbonyl (C=O) groups excluding carboxylic acids is 1. The highest BCUT2D eigenvalue weighted by Gasteiger charge is 2.22. The molecule has 2 N–H and O–H groups in total. The second-order valence-electron chi connectivity index (χ2n) is 7.27. The molecule has 0 unspecified atom stereocenters. The van der Waals surface area contributed by atoms with Gasteiger partial charge in [-0.25, -0.2) is 13.1 Å². The molecule has 0 saturated heterocycles. The molecule has 0 bridgehead atoms. The van der Waals surface area contributed by atoms with Gasteiger partial charge in [-0.3, -0.25) is 4.79 Å². The van der Waals surface area contributed by atoms with Crippen LogP contribution in [0.5, 0.6) is 0 Å². The van der Waals surface area contributed by atoms with Crippen LogP contribution >= 0.6 is 0 Å². The number of rotatable bonds is 10. The van der Waals surface area contributed by atoms with E-state index >= 15 is 0 Å². The molecule has 1 aromatic heterocycles. The minimum Gasteiger partial charge on any atom is -0.360 e. The van der Waals surface area contributed by atoms with Gasteiger partial charge in [0.15, 0.2) is 0 Å². The third-order valence-electron chi connectivity index (χ3n) is 4.88. The monoisotopic (exact) mass is 441 g/mol. The van der Waals surface area contributed by atoms with Gasteiger partial charge in [-0.1, -0.05) is 61.7 Å². The highest BCUT2D eigenvalue weighted by atomic mass is 32.2. The lowest BCUT2D eigenvalue weighted by molar-refractivity contribution is 0.102. The summed E-state index contributed by atoms with van der Waals surface area (Å²) in [5.74, 6) is 0.0325. The van der Waals surface area contributed by atoms with E-state index in [9.17, 15) is 13.2 Å². The van der Waals surface area contributed by atoms with Crippen molar-refractivity contribution in [1.29, 1.82) is 0 Å². The molecule has 0 aliphatic carbocycles. The second kappa shape index (κ2) is 10.4. The first kappa shape index (κ1) is 22.7. The molecule has 3 aromatic rings. The fraction of sp³-hybridized carbons (Fsp3) is 0.304. The van der Waals surface area contributed by atoms with Crippen LogP contribution in [0.3, 0.4) is 0 Å². The number of hydrogen-bond acceptors (Lipinski definition) is 5. The van der Waals surface area contributed by atoms with E-state index in [1.807, 2.05) is 30.3 Å². The quantitative estimate of drug-likeness (QED) is 0.442. The van der Waals surface area contributed by atoms with Crippen LogP contribution in [-0.2, 0) is 10.0 Å². The van der Waals surface area contributed by atoms with Crippen LogP contribution in [0.2, 0.25) is 0 Å². The molecular formula is C23H27N3O4S. The summed E-state index contributed by atoms with van der Waals surface area (Å²) in [5.41, 5.74) is 2.06. The molecule has 2 aromatic carbocycles. The number of anilines is 1. The SMILES string of the molecule is CCCCCCNS(=O)(=O)c1ccc(NC(=O)c2c(-c3ccccc3)noc2C)cc1. The lowest BCUT2D eigenvalue weighted by Crippen LogP contribution is -2.24. The molecule has 0 radical (unpaired) electrons. The Hall–Kier alpha value is -2.97. The Morgan fingerprint density at radius 2 is 1.71 bits per heavy atom. The molecule has 0 atom stereocenters. The zero-order valence-corrected chi connectivity index (χ0v) is 18.5. The summed E-state index contributed by atoms with van der Waals surface area (Å²) in [6.45, 7) is 4.20. The van der Waals surface area contributed by atoms with E-state index in [4.69, 9.17) is 4.52 Å². The van der Waals surface area contributed by atoms with Gasteiger partial charge in [0.2, 0.25) is 10.0 Å². The summed E-state index contributed by atoms with van der Waals surface area (Å²) >= 11 is 0. The van der Waals surface area contributed by atoms with E-state index in [0.29, 0.717) is 29.2 Å². The molecule has 0 aliphatic rings. The summed E-state index contributed by atoms with van der Waals surface area (Å²) < 4.78 is 32.7. The van der Waals surface area contributed by atoms with E-state index in [0.717, 1.165) is 31.2 Å². The third-order valence-corrected chi connectivity index (χ3v) is 6.36. The maximum atomic E-state index is 12.9. The molecular weight excluding hydrogens is 414 g/mol. The van der Waals surface area contributed by atoms with Gasteiger partial charge >= 0.3 is 0 Å². The average molecular weight is 442 g/mol. The molecule has 0 saturated carbocycles. The first-order chi connectivity index (χ1) is 14.9. The van der Waals surface area contributed by atoms with Crippen LogP contribution in [0.15, 0.2) is 64.0 Å². The van der Waals surface area contributed by atoms with Crippen molar-refractivity contribution in [3.63, 3.8) is 0 Å². The maximum Gasteiger partial charge on any atom is 0.261 e. The van der Waals surface area contributed by atoms with Crippen molar-refractivity contribution < 1.29 is 17.7 Å². The van der Waals surface area contributed by atoms with Crippen LogP contribution < -0.4 is 10.0 Å². The summed E-state index contributed by atoms with van der Waals surface area (Å²) in [5, 5.41) is 6.80. The van der Waals surface area contributed by atoms with Crippen LogP contribution in [-0.4, -0.2) is 26.0 Å². The largest absolute Gasteiger partial charge is 0.360 e. The van der Waals surface area contributed by atoms with E-state index in [1.165, 1.54) is 12.1 Å². The molecule has 8 heteroatoms. The Morgan fingerprint density at radius 1 is 1.00 bits per heavy atom. The van der Waals surface area contributed by atoms with Crippen molar-refractivity contribution in [2.45, 2.75) is 44.4 Å². The fourth-order valence-corrected chi connectivity index (χ4v) is 4.26. The molecule has 7 nitrogen and oxygen atoms in total. The minimum atomic E-state index is -3.57. The Labute approximate surface area is 182 Å². The molecule has 1 amide bonds. The van der Waals surface area contributed by atoms with E-state index < -0.39 is 10.0 Å². The van der Waals surface area contributed by atoms with E-state index in [2.05, 4.69) is 22.1 Å². The summed E-state index contributed by atoms with van der Waals surface area (Å²) in [6, 6.07) is 15.4. The Balaban J connectivity index is 1.68. The van der Waals surface area contributed by atoms with Gasteiger partial charge in [0.1, 0.15) is 17.0 Å². The van der Waals surface area contributed by atoms with Crippen molar-refractivity contribution >= 4 is 21.6 Å². The minimum absolute atomic E-state index is 0.159. The highest BCUT2D eigenvalue weighted by Crippen LogP contribution is 2.26. The number of hydrogen-bond donors (Lipinski definition) is 2. The third kappa shape index (κ3) is 5.80. The number of aryl methyl sites for hydroxylation is 1. The lowest BCUT2D eigenvalue weighted by Gasteiger charge is -2.09. The zero-order valence-electron chi connectivity index (χ0n) is 17.7. The first-order valence-electron chi connectivity index (χ1n) is 10.3. The molecule has 0 spiro atoms. The van der Waals surface area contributed by atoms with Gasteiger partial charge < -0.3 is 9.84 Å². The van der Waals surface area contributed by atoms with Crippen molar-refractivity contribution in [2.24, 2.45) is 0 Å². The maximum absolute atomic E-state index is 12.9. The highest BCUT2D eigenvalue weighted by molar-refractivity contribution is 7.89. The lowest BCUT2D eigenvalue weighted by atomic mass is 10.1. The number of unbranched alkanes of at least 4 members (excludes halogenated alkanes) is 3. The van der Waals surface area contributed by atoms with Gasteiger partial charge in [-0.15, -0.1) is 0 Å². The number of carbonyl (C=O) groups is 1. The van der Waals surface area contributed by atoms with Crippen LogP contribution in [0.4, 0.5) is 5.69 Å². The molecule has 0 fully saturated rings. The smallest absolute Gasteiger partial charge is 0.261 e. The van der Waals surface area contributed by atoms with E-state index in [1.54, 1.807) is 19.1 Å². The van der Waals surface area contributed by atoms with Crippen molar-refractivity contribution in [3.05, 3.63) is 65.9 Å². The van der Waals surface area contributed by atoms with Gasteiger partial charge in [-0.05, 0) is 37.6 Å². The average Bonchev–Trinajstić information content (AvgIpc) is 3.16. The van der Waals surface area contributed by atoms with Gasteiger partial charge in [0.05, 0.1) is 4.90 Å². The predicted octanol–water partition coefficient (Wildman–Crippen LogP) is 4.76. The van der Waals surface area contributed by atoms with Crippen molar-refractivity contribution in [1.82, 2.24) is 9.88 Å². The normalized spacial score (nSPS) is 11.4. The molecule has 0 aliphatic heterocycles. The predicted molar refractivity (Wildman–Crippen MR) is 120 cm³/mol. The molecule has 1 heterocycles. The second-order valence-corrected chi connectivity index (χ2v) is 9.03. The number of nitrogens with zero attached hydrogens (tertiary/aromatic N) is 1. The Bertz CT molecular complexity index is 1110.